The predicted octanol–water partition coefficient (Wildman–Crippen LogP) is 3.01. The van der Waals surface area contributed by atoms with Crippen molar-refractivity contribution >= 4 is 16.9 Å². The molecular formula is C19H14FN3O4. The highest BCUT2D eigenvalue weighted by Gasteiger charge is 2.17. The van der Waals surface area contributed by atoms with Crippen molar-refractivity contribution in [2.75, 3.05) is 13.2 Å². The minimum atomic E-state index is -0.347. The number of amides is 1. The summed E-state index contributed by atoms with van der Waals surface area (Å²) in [5, 5.41) is 16.0. The SMILES string of the molecule is O=C(NCCO)c1ccc2onc(-c3coc(-c4ccc(F)cc4)n3)c2c1. The first kappa shape index (κ1) is 16.9. The summed E-state index contributed by atoms with van der Waals surface area (Å²) < 4.78 is 23.8. The van der Waals surface area contributed by atoms with E-state index in [1.807, 2.05) is 0 Å². The molecule has 2 aromatic carbocycles. The Bertz CT molecular complexity index is 1100. The molecule has 0 atom stereocenters. The van der Waals surface area contributed by atoms with Gasteiger partial charge in [-0.3, -0.25) is 4.79 Å². The zero-order valence-electron chi connectivity index (χ0n) is 14.0. The summed E-state index contributed by atoms with van der Waals surface area (Å²) in [4.78, 5) is 16.5. The van der Waals surface area contributed by atoms with Crippen LogP contribution in [0.1, 0.15) is 10.4 Å². The van der Waals surface area contributed by atoms with Crippen molar-refractivity contribution < 1.29 is 23.2 Å². The molecule has 4 rings (SSSR count). The van der Waals surface area contributed by atoms with E-state index in [2.05, 4.69) is 15.5 Å². The van der Waals surface area contributed by atoms with Gasteiger partial charge in [-0.05, 0) is 42.5 Å². The number of aliphatic hydroxyl groups excluding tert-OH is 1. The normalized spacial score (nSPS) is 11.0. The van der Waals surface area contributed by atoms with Gasteiger partial charge in [0.15, 0.2) is 5.58 Å². The average Bonchev–Trinajstić information content (AvgIpc) is 3.33. The molecule has 27 heavy (non-hydrogen) atoms. The molecule has 0 radical (unpaired) electrons. The number of fused-ring (bicyclic) bond motifs is 1. The maximum Gasteiger partial charge on any atom is 0.251 e. The van der Waals surface area contributed by atoms with Gasteiger partial charge in [0.25, 0.3) is 5.91 Å². The fourth-order valence-electron chi connectivity index (χ4n) is 2.64. The molecule has 0 spiro atoms. The summed E-state index contributed by atoms with van der Waals surface area (Å²) in [6.07, 6.45) is 1.43. The molecule has 136 valence electrons. The van der Waals surface area contributed by atoms with E-state index in [0.717, 1.165) is 0 Å². The van der Waals surface area contributed by atoms with E-state index in [1.54, 1.807) is 30.3 Å². The number of oxazole rings is 1. The quantitative estimate of drug-likeness (QED) is 0.562. The number of aliphatic hydroxyl groups is 1. The van der Waals surface area contributed by atoms with Crippen LogP contribution < -0.4 is 5.32 Å². The van der Waals surface area contributed by atoms with Crippen LogP contribution in [-0.2, 0) is 0 Å². The lowest BCUT2D eigenvalue weighted by Gasteiger charge is -2.02. The molecule has 0 unspecified atom stereocenters. The van der Waals surface area contributed by atoms with Gasteiger partial charge in [-0.25, -0.2) is 9.37 Å². The standard InChI is InChI=1S/C19H14FN3O4/c20-13-4-1-11(2-5-13)19-22-15(10-26-19)17-14-9-12(18(25)21-7-8-24)3-6-16(14)27-23-17/h1-6,9-10,24H,7-8H2,(H,21,25). The van der Waals surface area contributed by atoms with Crippen molar-refractivity contribution in [3.63, 3.8) is 0 Å². The van der Waals surface area contributed by atoms with E-state index < -0.39 is 0 Å². The first-order valence-electron chi connectivity index (χ1n) is 8.16. The predicted molar refractivity (Wildman–Crippen MR) is 94.3 cm³/mol. The highest BCUT2D eigenvalue weighted by Crippen LogP contribution is 2.30. The Labute approximate surface area is 152 Å². The summed E-state index contributed by atoms with van der Waals surface area (Å²) in [6, 6.07) is 10.7. The van der Waals surface area contributed by atoms with Crippen molar-refractivity contribution in [1.29, 1.82) is 0 Å². The molecule has 0 saturated heterocycles. The van der Waals surface area contributed by atoms with Crippen LogP contribution in [0, 0.1) is 5.82 Å². The molecule has 8 heteroatoms. The number of nitrogens with zero attached hydrogens (tertiary/aromatic N) is 2. The van der Waals surface area contributed by atoms with Gasteiger partial charge in [-0.15, -0.1) is 0 Å². The van der Waals surface area contributed by atoms with Crippen molar-refractivity contribution in [2.24, 2.45) is 0 Å². The molecule has 2 aromatic heterocycles. The number of aromatic nitrogens is 2. The van der Waals surface area contributed by atoms with Crippen LogP contribution in [0.4, 0.5) is 4.39 Å². The van der Waals surface area contributed by atoms with Gasteiger partial charge in [0, 0.05) is 17.7 Å². The highest BCUT2D eigenvalue weighted by atomic mass is 19.1. The van der Waals surface area contributed by atoms with E-state index >= 15 is 0 Å². The number of halogens is 1. The van der Waals surface area contributed by atoms with Crippen LogP contribution in [0.5, 0.6) is 0 Å². The van der Waals surface area contributed by atoms with Crippen molar-refractivity contribution in [1.82, 2.24) is 15.5 Å². The number of rotatable bonds is 5. The minimum absolute atomic E-state index is 0.141. The first-order valence-corrected chi connectivity index (χ1v) is 8.16. The second kappa shape index (κ2) is 7.00. The van der Waals surface area contributed by atoms with Crippen LogP contribution >= 0.6 is 0 Å². The fourth-order valence-corrected chi connectivity index (χ4v) is 2.64. The molecule has 0 aliphatic rings. The molecule has 0 aliphatic carbocycles. The summed E-state index contributed by atoms with van der Waals surface area (Å²) in [5.41, 5.74) is 2.39. The topological polar surface area (TPSA) is 101 Å². The lowest BCUT2D eigenvalue weighted by atomic mass is 10.1. The Morgan fingerprint density at radius 1 is 1.19 bits per heavy atom. The molecular weight excluding hydrogens is 353 g/mol. The fraction of sp³-hybridized carbons (Fsp3) is 0.105. The number of carbonyl (C=O) groups is 1. The number of carbonyl (C=O) groups excluding carboxylic acids is 1. The maximum absolute atomic E-state index is 13.1. The Kier molecular flexibility index (Phi) is 4.39. The molecule has 0 fully saturated rings. The number of benzene rings is 2. The van der Waals surface area contributed by atoms with Gasteiger partial charge in [0.05, 0.1) is 12.0 Å². The Morgan fingerprint density at radius 3 is 2.78 bits per heavy atom. The van der Waals surface area contributed by atoms with Gasteiger partial charge in [0.2, 0.25) is 5.89 Å². The third-order valence-electron chi connectivity index (χ3n) is 3.97. The third kappa shape index (κ3) is 3.30. The van der Waals surface area contributed by atoms with Crippen molar-refractivity contribution in [3.05, 3.63) is 60.1 Å². The van der Waals surface area contributed by atoms with Crippen LogP contribution in [0.25, 0.3) is 33.8 Å². The van der Waals surface area contributed by atoms with E-state index in [1.165, 1.54) is 18.4 Å². The largest absolute Gasteiger partial charge is 0.444 e. The summed E-state index contributed by atoms with van der Waals surface area (Å²) in [5.74, 6) is -0.344. The number of hydrogen-bond acceptors (Lipinski definition) is 6. The van der Waals surface area contributed by atoms with Crippen LogP contribution in [0.3, 0.4) is 0 Å². The Morgan fingerprint density at radius 2 is 2.00 bits per heavy atom. The van der Waals surface area contributed by atoms with Crippen LogP contribution in [0.2, 0.25) is 0 Å². The first-order chi connectivity index (χ1) is 13.2. The minimum Gasteiger partial charge on any atom is -0.444 e. The van der Waals surface area contributed by atoms with Crippen molar-refractivity contribution in [3.8, 4) is 22.8 Å². The smallest absolute Gasteiger partial charge is 0.251 e. The second-order valence-corrected chi connectivity index (χ2v) is 5.77. The highest BCUT2D eigenvalue weighted by molar-refractivity contribution is 6.00. The number of hydrogen-bond donors (Lipinski definition) is 2. The zero-order valence-corrected chi connectivity index (χ0v) is 14.0. The lowest BCUT2D eigenvalue weighted by Crippen LogP contribution is -2.26. The van der Waals surface area contributed by atoms with Gasteiger partial charge >= 0.3 is 0 Å². The van der Waals surface area contributed by atoms with E-state index in [0.29, 0.717) is 39.4 Å². The van der Waals surface area contributed by atoms with E-state index in [9.17, 15) is 9.18 Å². The zero-order chi connectivity index (χ0) is 18.8. The molecule has 2 N–H and O–H groups in total. The van der Waals surface area contributed by atoms with Crippen LogP contribution in [0.15, 0.2) is 57.7 Å². The summed E-state index contributed by atoms with van der Waals surface area (Å²) >= 11 is 0. The molecule has 7 nitrogen and oxygen atoms in total. The molecule has 0 aliphatic heterocycles. The number of nitrogens with one attached hydrogen (secondary N) is 1. The maximum atomic E-state index is 13.1. The monoisotopic (exact) mass is 367 g/mol. The van der Waals surface area contributed by atoms with E-state index in [4.69, 9.17) is 14.0 Å². The summed E-state index contributed by atoms with van der Waals surface area (Å²) in [7, 11) is 0. The second-order valence-electron chi connectivity index (χ2n) is 5.77. The van der Waals surface area contributed by atoms with Crippen molar-refractivity contribution in [2.45, 2.75) is 0 Å². The Hall–Kier alpha value is -3.52. The van der Waals surface area contributed by atoms with Gasteiger partial charge in [0.1, 0.15) is 23.5 Å². The lowest BCUT2D eigenvalue weighted by molar-refractivity contribution is 0.0945. The average molecular weight is 367 g/mol. The molecule has 2 heterocycles. The summed E-state index contributed by atoms with van der Waals surface area (Å²) in [6.45, 7) is 0.0231. The molecule has 0 saturated carbocycles. The van der Waals surface area contributed by atoms with Gasteiger partial charge < -0.3 is 19.4 Å². The van der Waals surface area contributed by atoms with E-state index in [-0.39, 0.29) is 24.9 Å². The molecule has 4 aromatic rings. The third-order valence-corrected chi connectivity index (χ3v) is 3.97. The Balaban J connectivity index is 1.69. The van der Waals surface area contributed by atoms with Gasteiger partial charge in [-0.2, -0.15) is 0 Å². The van der Waals surface area contributed by atoms with Gasteiger partial charge in [-0.1, -0.05) is 5.16 Å². The molecule has 1 amide bonds. The van der Waals surface area contributed by atoms with Crippen LogP contribution in [-0.4, -0.2) is 34.3 Å². The molecule has 0 bridgehead atoms.